The summed E-state index contributed by atoms with van der Waals surface area (Å²) in [7, 11) is 0. The Labute approximate surface area is 131 Å². The molecule has 0 saturated carbocycles. The second-order valence-corrected chi connectivity index (χ2v) is 7.75. The summed E-state index contributed by atoms with van der Waals surface area (Å²) >= 11 is 3.51. The smallest absolute Gasteiger partial charge is 0.0410 e. The Morgan fingerprint density at radius 1 is 1.40 bits per heavy atom. The van der Waals surface area contributed by atoms with Crippen molar-refractivity contribution in [2.75, 3.05) is 13.1 Å². The predicted octanol–water partition coefficient (Wildman–Crippen LogP) is 3.44. The fourth-order valence-corrected chi connectivity index (χ4v) is 3.37. The number of halogens is 1. The van der Waals surface area contributed by atoms with E-state index >= 15 is 0 Å². The Morgan fingerprint density at radius 3 is 2.75 bits per heavy atom. The number of hydrogen-bond acceptors (Lipinski definition) is 3. The maximum Gasteiger partial charge on any atom is 0.0410 e. The Morgan fingerprint density at radius 2 is 2.15 bits per heavy atom. The summed E-state index contributed by atoms with van der Waals surface area (Å²) < 4.78 is 1.06. The molecule has 1 aliphatic heterocycles. The Balaban J connectivity index is 2.14. The molecule has 2 rings (SSSR count). The van der Waals surface area contributed by atoms with Gasteiger partial charge in [-0.3, -0.25) is 9.88 Å². The van der Waals surface area contributed by atoms with Gasteiger partial charge in [-0.15, -0.1) is 0 Å². The van der Waals surface area contributed by atoms with Crippen molar-refractivity contribution in [1.82, 2.24) is 15.2 Å². The van der Waals surface area contributed by atoms with Gasteiger partial charge in [0.25, 0.3) is 0 Å². The Hall–Kier alpha value is -0.450. The third kappa shape index (κ3) is 4.03. The molecule has 0 aliphatic carbocycles. The van der Waals surface area contributed by atoms with E-state index < -0.39 is 0 Å². The molecular weight excluding hydrogens is 314 g/mol. The summed E-state index contributed by atoms with van der Waals surface area (Å²) in [6, 6.07) is 3.34. The van der Waals surface area contributed by atoms with Crippen molar-refractivity contribution in [2.45, 2.75) is 52.7 Å². The molecule has 2 heterocycles. The molecule has 0 bridgehead atoms. The van der Waals surface area contributed by atoms with Crippen LogP contribution in [0.15, 0.2) is 22.9 Å². The van der Waals surface area contributed by atoms with Gasteiger partial charge in [0, 0.05) is 48.6 Å². The van der Waals surface area contributed by atoms with Gasteiger partial charge in [0.15, 0.2) is 0 Å². The van der Waals surface area contributed by atoms with Crippen LogP contribution in [-0.2, 0) is 6.54 Å². The van der Waals surface area contributed by atoms with Crippen LogP contribution in [0.4, 0.5) is 0 Å². The van der Waals surface area contributed by atoms with Crippen LogP contribution in [0.1, 0.15) is 39.7 Å². The zero-order valence-corrected chi connectivity index (χ0v) is 14.6. The molecule has 1 aromatic rings. The first-order chi connectivity index (χ1) is 9.40. The zero-order chi connectivity index (χ0) is 14.8. The third-order valence-corrected chi connectivity index (χ3v) is 4.57. The van der Waals surface area contributed by atoms with Crippen LogP contribution in [-0.4, -0.2) is 35.1 Å². The number of hydrogen-bond donors (Lipinski definition) is 1. The molecule has 0 aromatic carbocycles. The molecule has 112 valence electrons. The monoisotopic (exact) mass is 339 g/mol. The van der Waals surface area contributed by atoms with E-state index in [0.717, 1.165) is 24.1 Å². The van der Waals surface area contributed by atoms with E-state index in [1.165, 1.54) is 12.0 Å². The summed E-state index contributed by atoms with van der Waals surface area (Å²) in [6.07, 6.45) is 5.01. The summed E-state index contributed by atoms with van der Waals surface area (Å²) in [5.41, 5.74) is 1.57. The first-order valence-corrected chi connectivity index (χ1v) is 8.26. The Kier molecular flexibility index (Phi) is 5.21. The van der Waals surface area contributed by atoms with E-state index in [4.69, 9.17) is 0 Å². The molecule has 0 spiro atoms. The van der Waals surface area contributed by atoms with Crippen molar-refractivity contribution in [1.29, 1.82) is 0 Å². The molecule has 4 heteroatoms. The first-order valence-electron chi connectivity index (χ1n) is 7.47. The minimum absolute atomic E-state index is 0.283. The van der Waals surface area contributed by atoms with Gasteiger partial charge >= 0.3 is 0 Å². The molecule has 2 unspecified atom stereocenters. The van der Waals surface area contributed by atoms with Gasteiger partial charge in [0.05, 0.1) is 0 Å². The van der Waals surface area contributed by atoms with Crippen LogP contribution in [0, 0.1) is 5.41 Å². The molecule has 3 nitrogen and oxygen atoms in total. The van der Waals surface area contributed by atoms with Crippen LogP contribution in [0.25, 0.3) is 0 Å². The van der Waals surface area contributed by atoms with Crippen molar-refractivity contribution in [3.8, 4) is 0 Å². The van der Waals surface area contributed by atoms with Crippen LogP contribution in [0.3, 0.4) is 0 Å². The van der Waals surface area contributed by atoms with Gasteiger partial charge < -0.3 is 5.32 Å². The van der Waals surface area contributed by atoms with Gasteiger partial charge in [-0.25, -0.2) is 0 Å². The molecule has 2 atom stereocenters. The molecule has 1 N–H and O–H groups in total. The molecule has 1 fully saturated rings. The lowest BCUT2D eigenvalue weighted by atomic mass is 9.83. The molecule has 0 amide bonds. The molecule has 20 heavy (non-hydrogen) atoms. The maximum absolute atomic E-state index is 4.29. The SMILES string of the molecule is CCC1CN(Cc2cncc(Br)c2)C(C(C)(C)C)CN1. The highest BCUT2D eigenvalue weighted by atomic mass is 79.9. The fourth-order valence-electron chi connectivity index (χ4n) is 2.96. The zero-order valence-electron chi connectivity index (χ0n) is 13.0. The number of piperazine rings is 1. The van der Waals surface area contributed by atoms with Crippen LogP contribution < -0.4 is 5.32 Å². The van der Waals surface area contributed by atoms with Gasteiger partial charge in [0.1, 0.15) is 0 Å². The van der Waals surface area contributed by atoms with Crippen molar-refractivity contribution in [3.63, 3.8) is 0 Å². The van der Waals surface area contributed by atoms with Crippen molar-refractivity contribution in [3.05, 3.63) is 28.5 Å². The average molecular weight is 340 g/mol. The minimum Gasteiger partial charge on any atom is -0.311 e. The topological polar surface area (TPSA) is 28.2 Å². The van der Waals surface area contributed by atoms with Crippen LogP contribution in [0.2, 0.25) is 0 Å². The van der Waals surface area contributed by atoms with E-state index in [2.05, 4.69) is 64.9 Å². The van der Waals surface area contributed by atoms with E-state index in [-0.39, 0.29) is 5.41 Å². The average Bonchev–Trinajstić information content (AvgIpc) is 2.37. The van der Waals surface area contributed by atoms with Crippen LogP contribution in [0.5, 0.6) is 0 Å². The molecule has 1 saturated heterocycles. The first kappa shape index (κ1) is 15.9. The van der Waals surface area contributed by atoms with Gasteiger partial charge in [0.2, 0.25) is 0 Å². The van der Waals surface area contributed by atoms with Crippen molar-refractivity contribution in [2.24, 2.45) is 5.41 Å². The fraction of sp³-hybridized carbons (Fsp3) is 0.688. The van der Waals surface area contributed by atoms with Gasteiger partial charge in [-0.1, -0.05) is 27.7 Å². The largest absolute Gasteiger partial charge is 0.311 e. The van der Waals surface area contributed by atoms with Crippen LogP contribution >= 0.6 is 15.9 Å². The lowest BCUT2D eigenvalue weighted by Gasteiger charge is -2.46. The van der Waals surface area contributed by atoms with E-state index in [9.17, 15) is 0 Å². The standard InChI is InChI=1S/C16H26BrN3/c1-5-14-11-20(15(9-19-14)16(2,3)4)10-12-6-13(17)8-18-7-12/h6-8,14-15,19H,5,9-11H2,1-4H3. The van der Waals surface area contributed by atoms with Crippen molar-refractivity contribution < 1.29 is 0 Å². The van der Waals surface area contributed by atoms with Gasteiger partial charge in [-0.05, 0) is 39.4 Å². The number of nitrogens with one attached hydrogen (secondary N) is 1. The second kappa shape index (κ2) is 6.54. The second-order valence-electron chi connectivity index (χ2n) is 6.84. The number of rotatable bonds is 3. The highest BCUT2D eigenvalue weighted by Gasteiger charge is 2.34. The lowest BCUT2D eigenvalue weighted by molar-refractivity contribution is 0.0484. The molecule has 1 aromatic heterocycles. The molecule has 0 radical (unpaired) electrons. The number of aromatic nitrogens is 1. The summed E-state index contributed by atoms with van der Waals surface area (Å²) in [6.45, 7) is 12.4. The van der Waals surface area contributed by atoms with E-state index in [1.807, 2.05) is 12.4 Å². The normalized spacial score (nSPS) is 24.9. The minimum atomic E-state index is 0.283. The lowest BCUT2D eigenvalue weighted by Crippen LogP contribution is -2.59. The Bertz CT molecular complexity index is 442. The highest BCUT2D eigenvalue weighted by molar-refractivity contribution is 9.10. The number of nitrogens with zero attached hydrogens (tertiary/aromatic N) is 2. The maximum atomic E-state index is 4.29. The van der Waals surface area contributed by atoms with Crippen molar-refractivity contribution >= 4 is 15.9 Å². The summed E-state index contributed by atoms with van der Waals surface area (Å²) in [5.74, 6) is 0. The molecule has 1 aliphatic rings. The quantitative estimate of drug-likeness (QED) is 0.914. The predicted molar refractivity (Wildman–Crippen MR) is 87.7 cm³/mol. The third-order valence-electron chi connectivity index (χ3n) is 4.14. The summed E-state index contributed by atoms with van der Waals surface area (Å²) in [4.78, 5) is 6.91. The summed E-state index contributed by atoms with van der Waals surface area (Å²) in [5, 5.41) is 3.69. The number of pyridine rings is 1. The van der Waals surface area contributed by atoms with E-state index in [1.54, 1.807) is 0 Å². The highest BCUT2D eigenvalue weighted by Crippen LogP contribution is 2.28. The van der Waals surface area contributed by atoms with Gasteiger partial charge in [-0.2, -0.15) is 0 Å². The molecular formula is C16H26BrN3. The van der Waals surface area contributed by atoms with E-state index in [0.29, 0.717) is 12.1 Å².